The third kappa shape index (κ3) is 9.35. The van der Waals surface area contributed by atoms with Crippen LogP contribution < -0.4 is 28.4 Å². The Kier molecular flexibility index (Phi) is 14.4. The number of amides is 1. The SMILES string of the molecule is COc1ccc(C2CC[N@+](CCCc3cccc(OCCN4CCOCC4)c3)(C(=O)[C@H](c3cc(OC)c(OC)c(OC)c3)[C@H]3C=CCCC3)[C@H]2C(=O)O)cc1OC. The Morgan fingerprint density at radius 2 is 1.61 bits per heavy atom. The minimum atomic E-state index is -1.04. The second kappa shape index (κ2) is 19.6. The standard InChI is InChI=1S/C45H58N2O10/c1-51-37-17-16-33(28-38(37)52-2)36-18-23-47(42(36)45(49)50,22-10-12-31-11-9-15-35(27-31)57-26-21-46-19-24-56-25-20-46)44(48)41(32-13-7-6-8-14-32)34-29-39(53-3)43(55-5)40(30-34)54-4/h7,9,11,13,15-17,27-30,32,36,41-42H,6,8,10,12,14,18-26H2,1-5H3/p+1/t32-,36?,41-,42+,47-/m0/s1. The Bertz CT molecular complexity index is 1830. The van der Waals surface area contributed by atoms with E-state index in [1.807, 2.05) is 42.5 Å². The van der Waals surface area contributed by atoms with E-state index in [1.54, 1.807) is 35.5 Å². The average Bonchev–Trinajstić information content (AvgIpc) is 3.64. The molecule has 1 unspecified atom stereocenters. The Morgan fingerprint density at radius 1 is 0.877 bits per heavy atom. The van der Waals surface area contributed by atoms with Crippen molar-refractivity contribution < 1.29 is 52.3 Å². The van der Waals surface area contributed by atoms with Crippen LogP contribution in [0.2, 0.25) is 0 Å². The number of quaternary nitrogens is 1. The molecule has 0 radical (unpaired) electrons. The van der Waals surface area contributed by atoms with Crippen molar-refractivity contribution in [3.05, 3.63) is 83.4 Å². The molecular formula is C45H59N2O10+. The van der Waals surface area contributed by atoms with E-state index in [2.05, 4.69) is 29.2 Å². The third-order valence-electron chi connectivity index (χ3n) is 12.0. The lowest BCUT2D eigenvalue weighted by Crippen LogP contribution is -2.62. The van der Waals surface area contributed by atoms with Gasteiger partial charge in [-0.3, -0.25) is 4.90 Å². The van der Waals surface area contributed by atoms with Gasteiger partial charge in [0.2, 0.25) is 11.8 Å². The summed E-state index contributed by atoms with van der Waals surface area (Å²) in [6, 6.07) is 16.3. The van der Waals surface area contributed by atoms with Crippen LogP contribution in [0.25, 0.3) is 0 Å². The molecule has 2 saturated heterocycles. The molecule has 12 nitrogen and oxygen atoms in total. The van der Waals surface area contributed by atoms with Gasteiger partial charge in [-0.1, -0.05) is 30.4 Å². The maximum atomic E-state index is 15.9. The maximum absolute atomic E-state index is 15.9. The number of rotatable bonds is 18. The summed E-state index contributed by atoms with van der Waals surface area (Å²) >= 11 is 0. The molecule has 3 aromatic carbocycles. The monoisotopic (exact) mass is 787 g/mol. The molecule has 1 amide bonds. The van der Waals surface area contributed by atoms with Gasteiger partial charge in [-0.25, -0.2) is 14.1 Å². The Balaban J connectivity index is 1.36. The number of benzene rings is 3. The molecule has 5 atom stereocenters. The third-order valence-corrected chi connectivity index (χ3v) is 12.0. The highest BCUT2D eigenvalue weighted by atomic mass is 16.5. The number of ether oxygens (including phenoxy) is 7. The molecule has 1 aliphatic carbocycles. The summed E-state index contributed by atoms with van der Waals surface area (Å²) in [5, 5.41) is 11.3. The normalized spacial score (nSPS) is 22.7. The number of aryl methyl sites for hydroxylation is 1. The van der Waals surface area contributed by atoms with Crippen LogP contribution in [-0.2, 0) is 20.7 Å². The first-order chi connectivity index (χ1) is 27.8. The van der Waals surface area contributed by atoms with Gasteiger partial charge in [-0.05, 0) is 84.7 Å². The number of morpholine rings is 1. The van der Waals surface area contributed by atoms with E-state index in [4.69, 9.17) is 33.2 Å². The lowest BCUT2D eigenvalue weighted by molar-refractivity contribution is -0.860. The van der Waals surface area contributed by atoms with Crippen LogP contribution in [0.5, 0.6) is 34.5 Å². The van der Waals surface area contributed by atoms with Crippen LogP contribution in [0.4, 0.5) is 0 Å². The highest BCUT2D eigenvalue weighted by molar-refractivity contribution is 5.84. The molecule has 6 rings (SSSR count). The quantitative estimate of drug-likeness (QED) is 0.112. The summed E-state index contributed by atoms with van der Waals surface area (Å²) in [7, 11) is 7.81. The minimum absolute atomic E-state index is 0.114. The van der Waals surface area contributed by atoms with E-state index in [0.717, 1.165) is 69.0 Å². The second-order valence-electron chi connectivity index (χ2n) is 15.1. The number of hydrogen-bond donors (Lipinski definition) is 1. The van der Waals surface area contributed by atoms with Crippen molar-refractivity contribution in [3.63, 3.8) is 0 Å². The number of hydrogen-bond acceptors (Lipinski definition) is 10. The molecule has 2 aliphatic heterocycles. The van der Waals surface area contributed by atoms with Gasteiger partial charge < -0.3 is 38.3 Å². The number of allylic oxidation sites excluding steroid dienone is 2. The fourth-order valence-corrected chi connectivity index (χ4v) is 9.16. The predicted octanol–water partition coefficient (Wildman–Crippen LogP) is 6.50. The fraction of sp³-hybridized carbons (Fsp3) is 0.511. The molecule has 57 heavy (non-hydrogen) atoms. The van der Waals surface area contributed by atoms with Crippen LogP contribution in [0.1, 0.15) is 60.6 Å². The summed E-state index contributed by atoms with van der Waals surface area (Å²) < 4.78 is 39.8. The highest BCUT2D eigenvalue weighted by Gasteiger charge is 2.59. The largest absolute Gasteiger partial charge is 0.493 e. The number of likely N-dealkylation sites (tertiary alicyclic amines) is 1. The van der Waals surface area contributed by atoms with E-state index in [0.29, 0.717) is 73.3 Å². The number of aliphatic carboxylic acids is 1. The summed E-state index contributed by atoms with van der Waals surface area (Å²) in [6.45, 7) is 5.43. The highest BCUT2D eigenvalue weighted by Crippen LogP contribution is 2.48. The predicted molar refractivity (Wildman–Crippen MR) is 216 cm³/mol. The number of methoxy groups -OCH3 is 5. The van der Waals surface area contributed by atoms with E-state index in [-0.39, 0.29) is 16.3 Å². The van der Waals surface area contributed by atoms with E-state index < -0.39 is 23.8 Å². The smallest absolute Gasteiger partial charge is 0.363 e. The molecule has 308 valence electrons. The van der Waals surface area contributed by atoms with E-state index >= 15 is 4.79 Å². The molecular weight excluding hydrogens is 728 g/mol. The number of carboxylic acids is 1. The van der Waals surface area contributed by atoms with Gasteiger partial charge in [0, 0.05) is 32.5 Å². The second-order valence-corrected chi connectivity index (χ2v) is 15.1. The van der Waals surface area contributed by atoms with Gasteiger partial charge >= 0.3 is 11.9 Å². The summed E-state index contributed by atoms with van der Waals surface area (Å²) in [6.07, 6.45) is 8.67. The van der Waals surface area contributed by atoms with Crippen molar-refractivity contribution in [1.29, 1.82) is 0 Å². The van der Waals surface area contributed by atoms with Crippen LogP contribution in [-0.4, -0.2) is 121 Å². The summed E-state index contributed by atoms with van der Waals surface area (Å²) in [5.74, 6) is 0.826. The Morgan fingerprint density at radius 3 is 2.26 bits per heavy atom. The van der Waals surface area contributed by atoms with E-state index in [9.17, 15) is 9.90 Å². The molecule has 3 aliphatic rings. The maximum Gasteiger partial charge on any atom is 0.363 e. The van der Waals surface area contributed by atoms with Gasteiger partial charge in [0.1, 0.15) is 18.3 Å². The van der Waals surface area contributed by atoms with Gasteiger partial charge in [0.25, 0.3) is 0 Å². The van der Waals surface area contributed by atoms with Crippen molar-refractivity contribution in [1.82, 2.24) is 4.90 Å². The zero-order chi connectivity index (χ0) is 40.4. The molecule has 12 heteroatoms. The van der Waals surface area contributed by atoms with Crippen molar-refractivity contribution in [2.24, 2.45) is 5.92 Å². The number of carbonyl (C=O) groups is 2. The van der Waals surface area contributed by atoms with Crippen LogP contribution >= 0.6 is 0 Å². The Hall–Kier alpha value is -4.78. The van der Waals surface area contributed by atoms with Crippen molar-refractivity contribution >= 4 is 11.9 Å². The van der Waals surface area contributed by atoms with Gasteiger partial charge in [-0.2, -0.15) is 0 Å². The number of carbonyl (C=O) groups excluding carboxylic acids is 1. The molecule has 0 spiro atoms. The molecule has 1 N–H and O–H groups in total. The molecule has 2 fully saturated rings. The number of nitrogens with zero attached hydrogens (tertiary/aromatic N) is 2. The first-order valence-electron chi connectivity index (χ1n) is 20.1. The van der Waals surface area contributed by atoms with Gasteiger partial charge in [0.15, 0.2) is 23.0 Å². The topological polar surface area (TPSA) is 122 Å². The first-order valence-corrected chi connectivity index (χ1v) is 20.1. The van der Waals surface area contributed by atoms with Crippen LogP contribution in [0, 0.1) is 5.92 Å². The summed E-state index contributed by atoms with van der Waals surface area (Å²) in [5.41, 5.74) is 2.59. The van der Waals surface area contributed by atoms with Gasteiger partial charge in [-0.15, -0.1) is 0 Å². The fourth-order valence-electron chi connectivity index (χ4n) is 9.16. The average molecular weight is 788 g/mol. The zero-order valence-electron chi connectivity index (χ0n) is 34.1. The Labute approximate surface area is 336 Å². The molecule has 0 saturated carbocycles. The van der Waals surface area contributed by atoms with Gasteiger partial charge in [0.05, 0.1) is 67.8 Å². The van der Waals surface area contributed by atoms with Crippen molar-refractivity contribution in [2.75, 3.05) is 88.1 Å². The minimum Gasteiger partial charge on any atom is -0.493 e. The first kappa shape index (κ1) is 41.8. The molecule has 0 bridgehead atoms. The van der Waals surface area contributed by atoms with Crippen LogP contribution in [0.15, 0.2) is 66.7 Å². The van der Waals surface area contributed by atoms with Crippen LogP contribution in [0.3, 0.4) is 0 Å². The van der Waals surface area contributed by atoms with Crippen molar-refractivity contribution in [2.45, 2.75) is 56.4 Å². The number of carboxylic acid groups (broad SMARTS) is 1. The van der Waals surface area contributed by atoms with E-state index in [1.165, 1.54) is 0 Å². The van der Waals surface area contributed by atoms with Crippen molar-refractivity contribution in [3.8, 4) is 34.5 Å². The lowest BCUT2D eigenvalue weighted by Gasteiger charge is -2.41. The molecule has 2 heterocycles. The summed E-state index contributed by atoms with van der Waals surface area (Å²) in [4.78, 5) is 32.0. The molecule has 3 aromatic rings. The zero-order valence-corrected chi connectivity index (χ0v) is 34.1. The molecule has 0 aromatic heterocycles. The lowest BCUT2D eigenvalue weighted by atomic mass is 9.78.